The molecule has 0 unspecified atom stereocenters. The van der Waals surface area contributed by atoms with Crippen molar-refractivity contribution in [1.82, 2.24) is 0 Å². The monoisotopic (exact) mass is 546 g/mol. The van der Waals surface area contributed by atoms with Crippen molar-refractivity contribution in [2.45, 2.75) is 134 Å². The minimum Gasteiger partial charge on any atom is -0.469 e. The van der Waals surface area contributed by atoms with Gasteiger partial charge in [-0.1, -0.05) is 27.7 Å². The molecule has 0 radical (unpaired) electrons. The highest BCUT2D eigenvalue weighted by Crippen LogP contribution is 2.76. The molecule has 2 bridgehead atoms. The average molecular weight is 547 g/mol. The van der Waals surface area contributed by atoms with Crippen LogP contribution in [-0.2, 0) is 38.3 Å². The summed E-state index contributed by atoms with van der Waals surface area (Å²) in [5.74, 6) is -0.0574. The molecule has 3 aliphatic carbocycles. The van der Waals surface area contributed by atoms with Crippen LogP contribution in [0.1, 0.15) is 99.3 Å². The Labute approximate surface area is 232 Å². The molecule has 8 heteroatoms. The fourth-order valence-corrected chi connectivity index (χ4v) is 11.6. The van der Waals surface area contributed by atoms with E-state index in [1.807, 2.05) is 6.92 Å². The van der Waals surface area contributed by atoms with Crippen molar-refractivity contribution in [2.24, 2.45) is 40.4 Å². The molecule has 0 aromatic rings. The minimum absolute atomic E-state index is 0.0228. The lowest BCUT2D eigenvalue weighted by Gasteiger charge is -2.59. The van der Waals surface area contributed by atoms with Crippen LogP contribution in [0.5, 0.6) is 0 Å². The number of fused-ring (bicyclic) bond motifs is 4. The van der Waals surface area contributed by atoms with E-state index in [4.69, 9.17) is 28.7 Å². The summed E-state index contributed by atoms with van der Waals surface area (Å²) in [7, 11) is 1.43. The van der Waals surface area contributed by atoms with Crippen LogP contribution >= 0.6 is 0 Å². The van der Waals surface area contributed by atoms with Crippen LogP contribution < -0.4 is 0 Å². The van der Waals surface area contributed by atoms with Crippen LogP contribution in [-0.4, -0.2) is 53.8 Å². The molecule has 0 aromatic carbocycles. The van der Waals surface area contributed by atoms with Crippen LogP contribution in [0, 0.1) is 40.4 Å². The first-order chi connectivity index (χ1) is 18.2. The standard InChI is InChI=1S/C31H46O8/c1-17-13-30(14-18(2)25(33)37-30)35-19-15-28(6)21-9-8-20-26(3,4)36-22(12-23(32)34-7)31(20)16-29(21,38-39-31)11-10-27(28,5)24(17)19/h17-22,24H,8-16H2,1-7H3/t17-,18-,19-,20+,21+,22-,24+,27-,28+,29-,30-,31+/m1/s1. The molecule has 4 heterocycles. The Morgan fingerprint density at radius 2 is 1.69 bits per heavy atom. The molecule has 12 atom stereocenters. The van der Waals surface area contributed by atoms with Crippen molar-refractivity contribution in [3.63, 3.8) is 0 Å². The van der Waals surface area contributed by atoms with Gasteiger partial charge in [-0.2, -0.15) is 0 Å². The van der Waals surface area contributed by atoms with Crippen molar-refractivity contribution < 1.29 is 38.3 Å². The molecule has 218 valence electrons. The lowest BCUT2D eigenvalue weighted by Crippen LogP contribution is -2.58. The number of hydrogen-bond donors (Lipinski definition) is 0. The molecule has 3 saturated carbocycles. The predicted octanol–water partition coefficient (Wildman–Crippen LogP) is 5.11. The molecule has 4 saturated heterocycles. The molecule has 8 nitrogen and oxygen atoms in total. The van der Waals surface area contributed by atoms with E-state index in [0.717, 1.165) is 44.9 Å². The van der Waals surface area contributed by atoms with E-state index in [-0.39, 0.29) is 47.1 Å². The number of ether oxygens (including phenoxy) is 4. The number of carbonyl (C=O) groups is 2. The van der Waals surface area contributed by atoms with E-state index < -0.39 is 28.7 Å². The topological polar surface area (TPSA) is 89.5 Å². The summed E-state index contributed by atoms with van der Waals surface area (Å²) in [6.07, 6.45) is 6.91. The SMILES string of the molecule is COC(=O)C[C@H]1OC(C)(C)[C@@H]2CC[C@@H]3[C@@]4(CC[C@]5(C)[C@H]6[C@H](C)C[C@@]7(C[C@@H](C)C(=O)O7)O[C@@H]6C[C@@]35C)C[C@@]12OO4. The summed E-state index contributed by atoms with van der Waals surface area (Å²) in [5.41, 5.74) is -1.43. The fourth-order valence-electron chi connectivity index (χ4n) is 11.6. The smallest absolute Gasteiger partial charge is 0.311 e. The number of carbonyl (C=O) groups excluding carboxylic acids is 2. The Hall–Kier alpha value is -1.22. The number of esters is 2. The molecule has 0 amide bonds. The van der Waals surface area contributed by atoms with Crippen LogP contribution in [0.25, 0.3) is 0 Å². The third-order valence-electron chi connectivity index (χ3n) is 13.1. The zero-order valence-corrected chi connectivity index (χ0v) is 24.7. The van der Waals surface area contributed by atoms with Crippen molar-refractivity contribution in [1.29, 1.82) is 0 Å². The van der Waals surface area contributed by atoms with Gasteiger partial charge in [0.2, 0.25) is 5.79 Å². The second kappa shape index (κ2) is 7.99. The van der Waals surface area contributed by atoms with Crippen molar-refractivity contribution in [2.75, 3.05) is 7.11 Å². The molecule has 7 aliphatic rings. The van der Waals surface area contributed by atoms with Crippen molar-refractivity contribution in [3.05, 3.63) is 0 Å². The summed E-state index contributed by atoms with van der Waals surface area (Å²) in [5, 5.41) is 0. The van der Waals surface area contributed by atoms with E-state index in [9.17, 15) is 9.59 Å². The van der Waals surface area contributed by atoms with Gasteiger partial charge in [0.05, 0.1) is 31.2 Å². The Balaban J connectivity index is 1.24. The zero-order chi connectivity index (χ0) is 27.8. The normalized spacial score (nSPS) is 56.8. The fraction of sp³-hybridized carbons (Fsp3) is 0.935. The average Bonchev–Trinajstić information content (AvgIpc) is 3.43. The van der Waals surface area contributed by atoms with E-state index in [0.29, 0.717) is 24.2 Å². The van der Waals surface area contributed by atoms with Crippen LogP contribution in [0.15, 0.2) is 0 Å². The molecule has 0 aromatic heterocycles. The van der Waals surface area contributed by atoms with E-state index in [2.05, 4.69) is 34.6 Å². The minimum atomic E-state index is -0.769. The maximum atomic E-state index is 12.4. The quantitative estimate of drug-likeness (QED) is 0.349. The molecule has 3 spiro atoms. The summed E-state index contributed by atoms with van der Waals surface area (Å²) in [6, 6.07) is 0. The Morgan fingerprint density at radius 3 is 2.38 bits per heavy atom. The van der Waals surface area contributed by atoms with Crippen LogP contribution in [0.3, 0.4) is 0 Å². The molecule has 0 N–H and O–H groups in total. The first kappa shape index (κ1) is 26.7. The summed E-state index contributed by atoms with van der Waals surface area (Å²) in [4.78, 5) is 37.9. The van der Waals surface area contributed by atoms with E-state index >= 15 is 0 Å². The number of hydrogen-bond acceptors (Lipinski definition) is 8. The van der Waals surface area contributed by atoms with Gasteiger partial charge in [0.25, 0.3) is 0 Å². The Morgan fingerprint density at radius 1 is 0.949 bits per heavy atom. The van der Waals surface area contributed by atoms with Crippen LogP contribution in [0.4, 0.5) is 0 Å². The van der Waals surface area contributed by atoms with Gasteiger partial charge >= 0.3 is 11.9 Å². The van der Waals surface area contributed by atoms with Crippen molar-refractivity contribution in [3.8, 4) is 0 Å². The molecular weight excluding hydrogens is 500 g/mol. The summed E-state index contributed by atoms with van der Waals surface area (Å²) >= 11 is 0. The summed E-state index contributed by atoms with van der Waals surface area (Å²) < 4.78 is 24.4. The lowest BCUT2D eigenvalue weighted by molar-refractivity contribution is -0.388. The van der Waals surface area contributed by atoms with Gasteiger partial charge in [-0.15, -0.1) is 0 Å². The van der Waals surface area contributed by atoms with Gasteiger partial charge in [0.1, 0.15) is 17.3 Å². The highest BCUT2D eigenvalue weighted by molar-refractivity contribution is 5.74. The van der Waals surface area contributed by atoms with Gasteiger partial charge in [0.15, 0.2) is 0 Å². The van der Waals surface area contributed by atoms with Gasteiger partial charge in [-0.3, -0.25) is 9.59 Å². The van der Waals surface area contributed by atoms with Gasteiger partial charge in [0, 0.05) is 25.2 Å². The molecular formula is C31H46O8. The molecule has 7 rings (SSSR count). The largest absolute Gasteiger partial charge is 0.469 e. The third-order valence-corrected chi connectivity index (χ3v) is 13.1. The molecule has 4 aliphatic heterocycles. The maximum absolute atomic E-state index is 12.4. The predicted molar refractivity (Wildman–Crippen MR) is 139 cm³/mol. The van der Waals surface area contributed by atoms with E-state index in [1.54, 1.807) is 0 Å². The van der Waals surface area contributed by atoms with Gasteiger partial charge < -0.3 is 18.9 Å². The highest BCUT2D eigenvalue weighted by atomic mass is 17.2. The van der Waals surface area contributed by atoms with E-state index in [1.165, 1.54) is 7.11 Å². The van der Waals surface area contributed by atoms with Crippen molar-refractivity contribution >= 4 is 11.9 Å². The van der Waals surface area contributed by atoms with Gasteiger partial charge in [-0.05, 0) is 74.5 Å². The molecule has 39 heavy (non-hydrogen) atoms. The highest BCUT2D eigenvalue weighted by Gasteiger charge is 2.78. The summed E-state index contributed by atoms with van der Waals surface area (Å²) in [6.45, 7) is 13.5. The first-order valence-corrected chi connectivity index (χ1v) is 15.3. The second-order valence-corrected chi connectivity index (χ2v) is 15.4. The third kappa shape index (κ3) is 3.26. The van der Waals surface area contributed by atoms with Crippen LogP contribution in [0.2, 0.25) is 0 Å². The first-order valence-electron chi connectivity index (χ1n) is 15.3. The van der Waals surface area contributed by atoms with Gasteiger partial charge in [-0.25, -0.2) is 9.78 Å². The second-order valence-electron chi connectivity index (χ2n) is 15.4. The molecule has 7 fully saturated rings. The number of rotatable bonds is 2. The Kier molecular flexibility index (Phi) is 5.46. The maximum Gasteiger partial charge on any atom is 0.311 e. The lowest BCUT2D eigenvalue weighted by atomic mass is 9.46. The Bertz CT molecular complexity index is 1090. The number of methoxy groups -OCH3 is 1. The zero-order valence-electron chi connectivity index (χ0n) is 24.7.